The van der Waals surface area contributed by atoms with Crippen LogP contribution >= 0.6 is 15.9 Å². The van der Waals surface area contributed by atoms with Gasteiger partial charge in [0.15, 0.2) is 0 Å². The number of halogens is 1. The first kappa shape index (κ1) is 14.6. The number of hydrogen-bond acceptors (Lipinski definition) is 2. The van der Waals surface area contributed by atoms with E-state index >= 15 is 0 Å². The van der Waals surface area contributed by atoms with E-state index in [0.717, 1.165) is 15.6 Å². The lowest BCUT2D eigenvalue weighted by Crippen LogP contribution is -2.27. The van der Waals surface area contributed by atoms with E-state index < -0.39 is 6.09 Å². The standard InChI is InChI=1S/C16H16BrNO2/c1-12(14-8-5-9-15(17)10-14)18-16(19)20-11-13-6-3-2-4-7-13/h2-10,12H,11H2,1H3,(H,18,19)/t12-/m1/s1. The van der Waals surface area contributed by atoms with E-state index in [0.29, 0.717) is 0 Å². The van der Waals surface area contributed by atoms with Gasteiger partial charge in [-0.2, -0.15) is 0 Å². The van der Waals surface area contributed by atoms with Crippen LogP contribution in [0, 0.1) is 0 Å². The number of hydrogen-bond donors (Lipinski definition) is 1. The van der Waals surface area contributed by atoms with Gasteiger partial charge in [-0.25, -0.2) is 4.79 Å². The third kappa shape index (κ3) is 4.38. The highest BCUT2D eigenvalue weighted by Gasteiger charge is 2.10. The molecule has 20 heavy (non-hydrogen) atoms. The van der Waals surface area contributed by atoms with Crippen LogP contribution in [0.3, 0.4) is 0 Å². The molecule has 1 amide bonds. The lowest BCUT2D eigenvalue weighted by molar-refractivity contribution is 0.136. The van der Waals surface area contributed by atoms with Crippen molar-refractivity contribution in [2.75, 3.05) is 0 Å². The fourth-order valence-corrected chi connectivity index (χ4v) is 2.22. The first-order valence-electron chi connectivity index (χ1n) is 6.38. The average Bonchev–Trinajstić information content (AvgIpc) is 2.46. The molecule has 1 atom stereocenters. The largest absolute Gasteiger partial charge is 0.445 e. The van der Waals surface area contributed by atoms with E-state index in [1.54, 1.807) is 0 Å². The number of rotatable bonds is 4. The molecule has 0 aliphatic carbocycles. The molecule has 3 nitrogen and oxygen atoms in total. The second-order valence-electron chi connectivity index (χ2n) is 4.48. The van der Waals surface area contributed by atoms with Crippen molar-refractivity contribution in [3.05, 3.63) is 70.2 Å². The van der Waals surface area contributed by atoms with Gasteiger partial charge >= 0.3 is 6.09 Å². The van der Waals surface area contributed by atoms with Gasteiger partial charge in [-0.05, 0) is 30.2 Å². The minimum absolute atomic E-state index is 0.101. The minimum Gasteiger partial charge on any atom is -0.445 e. The SMILES string of the molecule is C[C@@H](NC(=O)OCc1ccccc1)c1cccc(Br)c1. The highest BCUT2D eigenvalue weighted by atomic mass is 79.9. The Balaban J connectivity index is 1.85. The molecule has 0 heterocycles. The van der Waals surface area contributed by atoms with Crippen LogP contribution in [0.25, 0.3) is 0 Å². The van der Waals surface area contributed by atoms with Crippen molar-refractivity contribution in [3.63, 3.8) is 0 Å². The quantitative estimate of drug-likeness (QED) is 0.898. The summed E-state index contributed by atoms with van der Waals surface area (Å²) >= 11 is 3.41. The fraction of sp³-hybridized carbons (Fsp3) is 0.188. The molecule has 2 aromatic carbocycles. The molecule has 2 aromatic rings. The Morgan fingerprint density at radius 1 is 1.20 bits per heavy atom. The van der Waals surface area contributed by atoms with Gasteiger partial charge in [-0.3, -0.25) is 0 Å². The van der Waals surface area contributed by atoms with Crippen molar-refractivity contribution in [3.8, 4) is 0 Å². The maximum absolute atomic E-state index is 11.7. The predicted molar refractivity (Wildman–Crippen MR) is 82.3 cm³/mol. The fourth-order valence-electron chi connectivity index (χ4n) is 1.80. The lowest BCUT2D eigenvalue weighted by Gasteiger charge is -2.14. The summed E-state index contributed by atoms with van der Waals surface area (Å²) in [6.07, 6.45) is -0.415. The molecule has 0 aliphatic rings. The van der Waals surface area contributed by atoms with Gasteiger partial charge in [0, 0.05) is 4.47 Å². The Bertz CT molecular complexity index is 572. The Hall–Kier alpha value is -1.81. The zero-order chi connectivity index (χ0) is 14.4. The monoisotopic (exact) mass is 333 g/mol. The number of carbonyl (C=O) groups excluding carboxylic acids is 1. The van der Waals surface area contributed by atoms with E-state index in [-0.39, 0.29) is 12.6 Å². The molecule has 0 fully saturated rings. The van der Waals surface area contributed by atoms with E-state index in [4.69, 9.17) is 4.74 Å². The lowest BCUT2D eigenvalue weighted by atomic mass is 10.1. The van der Waals surface area contributed by atoms with E-state index in [1.165, 1.54) is 0 Å². The molecule has 0 saturated heterocycles. The smallest absolute Gasteiger partial charge is 0.407 e. The topological polar surface area (TPSA) is 38.3 Å². The van der Waals surface area contributed by atoms with Gasteiger partial charge in [0.2, 0.25) is 0 Å². The van der Waals surface area contributed by atoms with Crippen molar-refractivity contribution in [1.29, 1.82) is 0 Å². The molecule has 0 unspecified atom stereocenters. The summed E-state index contributed by atoms with van der Waals surface area (Å²) in [6.45, 7) is 2.20. The van der Waals surface area contributed by atoms with Crippen LogP contribution in [-0.2, 0) is 11.3 Å². The zero-order valence-corrected chi connectivity index (χ0v) is 12.8. The number of benzene rings is 2. The highest BCUT2D eigenvalue weighted by Crippen LogP contribution is 2.17. The summed E-state index contributed by atoms with van der Waals surface area (Å²) in [6, 6.07) is 17.3. The molecular weight excluding hydrogens is 318 g/mol. The van der Waals surface area contributed by atoms with E-state index in [9.17, 15) is 4.79 Å². The molecule has 1 N–H and O–H groups in total. The molecule has 2 rings (SSSR count). The number of alkyl carbamates (subject to hydrolysis) is 1. The third-order valence-corrected chi connectivity index (χ3v) is 3.39. The second kappa shape index (κ2) is 7.10. The van der Waals surface area contributed by atoms with Gasteiger partial charge in [0.25, 0.3) is 0 Å². The zero-order valence-electron chi connectivity index (χ0n) is 11.2. The van der Waals surface area contributed by atoms with Crippen LogP contribution in [0.4, 0.5) is 4.79 Å². The molecule has 0 bridgehead atoms. The van der Waals surface area contributed by atoms with Gasteiger partial charge in [0.1, 0.15) is 6.61 Å². The number of amides is 1. The van der Waals surface area contributed by atoms with E-state index in [2.05, 4.69) is 21.2 Å². The summed E-state index contributed by atoms with van der Waals surface area (Å²) < 4.78 is 6.18. The molecule has 0 spiro atoms. The molecule has 0 radical (unpaired) electrons. The Morgan fingerprint density at radius 3 is 2.65 bits per heavy atom. The van der Waals surface area contributed by atoms with Crippen LogP contribution in [0.2, 0.25) is 0 Å². The third-order valence-electron chi connectivity index (χ3n) is 2.90. The molecule has 104 valence electrons. The Kier molecular flexibility index (Phi) is 5.18. The normalized spacial score (nSPS) is 11.7. The summed E-state index contributed by atoms with van der Waals surface area (Å²) in [5.41, 5.74) is 1.99. The minimum atomic E-state index is -0.415. The number of nitrogens with one attached hydrogen (secondary N) is 1. The Morgan fingerprint density at radius 2 is 1.95 bits per heavy atom. The molecule has 0 aromatic heterocycles. The predicted octanol–water partition coefficient (Wildman–Crippen LogP) is 4.44. The number of carbonyl (C=O) groups is 1. The first-order chi connectivity index (χ1) is 9.65. The molecule has 4 heteroatoms. The van der Waals surface area contributed by atoms with Crippen LogP contribution in [0.15, 0.2) is 59.1 Å². The average molecular weight is 334 g/mol. The van der Waals surface area contributed by atoms with Crippen LogP contribution in [0.1, 0.15) is 24.1 Å². The summed E-state index contributed by atoms with van der Waals surface area (Å²) in [7, 11) is 0. The highest BCUT2D eigenvalue weighted by molar-refractivity contribution is 9.10. The Labute approximate surface area is 127 Å². The van der Waals surface area contributed by atoms with Crippen molar-refractivity contribution in [2.45, 2.75) is 19.6 Å². The van der Waals surface area contributed by atoms with Crippen molar-refractivity contribution < 1.29 is 9.53 Å². The maximum Gasteiger partial charge on any atom is 0.407 e. The van der Waals surface area contributed by atoms with Crippen molar-refractivity contribution in [1.82, 2.24) is 5.32 Å². The van der Waals surface area contributed by atoms with Crippen LogP contribution in [0.5, 0.6) is 0 Å². The van der Waals surface area contributed by atoms with Gasteiger partial charge in [0.05, 0.1) is 6.04 Å². The maximum atomic E-state index is 11.7. The first-order valence-corrected chi connectivity index (χ1v) is 7.17. The summed E-state index contributed by atoms with van der Waals surface area (Å²) in [5, 5.41) is 2.81. The molecular formula is C16H16BrNO2. The number of ether oxygens (including phenoxy) is 1. The van der Waals surface area contributed by atoms with E-state index in [1.807, 2.05) is 61.5 Å². The van der Waals surface area contributed by atoms with Crippen molar-refractivity contribution in [2.24, 2.45) is 0 Å². The van der Waals surface area contributed by atoms with Crippen molar-refractivity contribution >= 4 is 22.0 Å². The second-order valence-corrected chi connectivity index (χ2v) is 5.40. The van der Waals surface area contributed by atoms with Gasteiger partial charge < -0.3 is 10.1 Å². The summed E-state index contributed by atoms with van der Waals surface area (Å²) in [4.78, 5) is 11.7. The van der Waals surface area contributed by atoms with Gasteiger partial charge in [-0.15, -0.1) is 0 Å². The van der Waals surface area contributed by atoms with Crippen LogP contribution < -0.4 is 5.32 Å². The molecule has 0 saturated carbocycles. The summed E-state index contributed by atoms with van der Waals surface area (Å²) in [5.74, 6) is 0. The molecule has 0 aliphatic heterocycles. The van der Waals surface area contributed by atoms with Crippen LogP contribution in [-0.4, -0.2) is 6.09 Å². The van der Waals surface area contributed by atoms with Gasteiger partial charge in [-0.1, -0.05) is 58.4 Å².